The summed E-state index contributed by atoms with van der Waals surface area (Å²) in [7, 11) is 2.19. The normalized spacial score (nSPS) is 21.0. The van der Waals surface area contributed by atoms with Crippen LogP contribution in [0.5, 0.6) is 0 Å². The van der Waals surface area contributed by atoms with Gasteiger partial charge in [0.15, 0.2) is 0 Å². The molecule has 1 heterocycles. The van der Waals surface area contributed by atoms with Crippen molar-refractivity contribution in [1.29, 1.82) is 0 Å². The number of epoxide rings is 1. The fraction of sp³-hybridized carbons (Fsp3) is 0.800. The van der Waals surface area contributed by atoms with Crippen LogP contribution in [0.2, 0.25) is 6.04 Å². The molecular weight excluding hydrogens is 228 g/mol. The van der Waals surface area contributed by atoms with Crippen molar-refractivity contribution in [3.8, 4) is 0 Å². The van der Waals surface area contributed by atoms with Crippen LogP contribution in [0.3, 0.4) is 0 Å². The molecule has 0 aromatic carbocycles. The minimum Gasteiger partial charge on any atom is -0.496 e. The van der Waals surface area contributed by atoms with E-state index in [0.29, 0.717) is 12.7 Å². The van der Waals surface area contributed by atoms with Gasteiger partial charge in [-0.15, -0.1) is 0 Å². The highest BCUT2D eigenvalue weighted by atomic mass is 28.4. The summed E-state index contributed by atoms with van der Waals surface area (Å²) < 4.78 is 26.7. The van der Waals surface area contributed by atoms with Gasteiger partial charge in [-0.2, -0.15) is 0 Å². The standard InChI is InChI=1S/C10H20O5Si/c1-5-9(14-6-10-7-15-10)8-16(11-2,12-3)13-4/h5,10H,6-8H2,1-4H3/b9-5+. The molecule has 1 saturated heterocycles. The molecule has 0 aromatic rings. The highest BCUT2D eigenvalue weighted by Crippen LogP contribution is 2.21. The van der Waals surface area contributed by atoms with Gasteiger partial charge in [-0.05, 0) is 13.0 Å². The van der Waals surface area contributed by atoms with E-state index in [0.717, 1.165) is 12.4 Å². The van der Waals surface area contributed by atoms with Crippen molar-refractivity contribution < 1.29 is 22.8 Å². The largest absolute Gasteiger partial charge is 0.507 e. The maximum atomic E-state index is 5.61. The van der Waals surface area contributed by atoms with E-state index >= 15 is 0 Å². The summed E-state index contributed by atoms with van der Waals surface area (Å²) in [5.74, 6) is 0.827. The van der Waals surface area contributed by atoms with Crippen LogP contribution in [-0.2, 0) is 22.8 Å². The third-order valence-electron chi connectivity index (χ3n) is 2.50. The fourth-order valence-electron chi connectivity index (χ4n) is 1.28. The summed E-state index contributed by atoms with van der Waals surface area (Å²) in [5.41, 5.74) is 0. The average molecular weight is 248 g/mol. The summed E-state index contributed by atoms with van der Waals surface area (Å²) in [6.45, 7) is 3.29. The quantitative estimate of drug-likeness (QED) is 0.367. The van der Waals surface area contributed by atoms with Crippen LogP contribution in [0.1, 0.15) is 6.92 Å². The molecule has 1 rings (SSSR count). The zero-order chi connectivity index (χ0) is 12.0. The summed E-state index contributed by atoms with van der Waals surface area (Å²) in [6.07, 6.45) is 2.15. The zero-order valence-corrected chi connectivity index (χ0v) is 11.3. The van der Waals surface area contributed by atoms with Crippen molar-refractivity contribution >= 4 is 8.80 Å². The molecule has 0 bridgehead atoms. The lowest BCUT2D eigenvalue weighted by Gasteiger charge is -2.25. The number of rotatable bonds is 8. The molecule has 5 nitrogen and oxygen atoms in total. The van der Waals surface area contributed by atoms with Crippen molar-refractivity contribution in [2.45, 2.75) is 19.1 Å². The average Bonchev–Trinajstić information content (AvgIpc) is 3.14. The molecule has 1 unspecified atom stereocenters. The first-order valence-electron chi connectivity index (χ1n) is 5.24. The van der Waals surface area contributed by atoms with Crippen LogP contribution < -0.4 is 0 Å². The van der Waals surface area contributed by atoms with E-state index < -0.39 is 8.80 Å². The second kappa shape index (κ2) is 6.36. The third kappa shape index (κ3) is 3.87. The smallest absolute Gasteiger partial charge is 0.496 e. The third-order valence-corrected chi connectivity index (χ3v) is 5.15. The monoisotopic (exact) mass is 248 g/mol. The maximum absolute atomic E-state index is 5.61. The lowest BCUT2D eigenvalue weighted by molar-refractivity contribution is 0.114. The Hall–Kier alpha value is -0.403. The molecular formula is C10H20O5Si. The molecule has 0 N–H and O–H groups in total. The summed E-state index contributed by atoms with van der Waals surface area (Å²) in [5, 5.41) is 0. The minimum atomic E-state index is -2.59. The first-order chi connectivity index (χ1) is 7.69. The van der Waals surface area contributed by atoms with Gasteiger partial charge in [-0.1, -0.05) is 0 Å². The second-order valence-electron chi connectivity index (χ2n) is 3.49. The van der Waals surface area contributed by atoms with Gasteiger partial charge in [0.05, 0.1) is 18.4 Å². The Morgan fingerprint density at radius 3 is 2.25 bits per heavy atom. The highest BCUT2D eigenvalue weighted by molar-refractivity contribution is 6.61. The van der Waals surface area contributed by atoms with Gasteiger partial charge in [0.2, 0.25) is 0 Å². The van der Waals surface area contributed by atoms with Crippen LogP contribution in [0.25, 0.3) is 0 Å². The van der Waals surface area contributed by atoms with Crippen LogP contribution >= 0.6 is 0 Å². The first kappa shape index (κ1) is 13.7. The van der Waals surface area contributed by atoms with Gasteiger partial charge < -0.3 is 22.8 Å². The van der Waals surface area contributed by atoms with Crippen LogP contribution in [0.15, 0.2) is 11.8 Å². The number of allylic oxidation sites excluding steroid dienone is 2. The van der Waals surface area contributed by atoms with E-state index in [1.54, 1.807) is 21.3 Å². The number of ether oxygens (including phenoxy) is 2. The molecule has 1 fully saturated rings. The van der Waals surface area contributed by atoms with Crippen molar-refractivity contribution in [3.63, 3.8) is 0 Å². The van der Waals surface area contributed by atoms with Crippen LogP contribution in [0, 0.1) is 0 Å². The highest BCUT2D eigenvalue weighted by Gasteiger charge is 2.39. The molecule has 1 aliphatic rings. The van der Waals surface area contributed by atoms with Gasteiger partial charge >= 0.3 is 8.80 Å². The fourth-order valence-corrected chi connectivity index (χ4v) is 2.95. The molecule has 16 heavy (non-hydrogen) atoms. The lowest BCUT2D eigenvalue weighted by atomic mass is 10.5. The zero-order valence-electron chi connectivity index (χ0n) is 10.3. The van der Waals surface area contributed by atoms with Crippen molar-refractivity contribution in [2.75, 3.05) is 34.5 Å². The molecule has 0 radical (unpaired) electrons. The Morgan fingerprint density at radius 1 is 1.31 bits per heavy atom. The van der Waals surface area contributed by atoms with Gasteiger partial charge in [-0.3, -0.25) is 0 Å². The van der Waals surface area contributed by atoms with Gasteiger partial charge in [0.25, 0.3) is 0 Å². The summed E-state index contributed by atoms with van der Waals surface area (Å²) in [6, 6.07) is 0.541. The topological polar surface area (TPSA) is 49.5 Å². The van der Waals surface area contributed by atoms with E-state index in [2.05, 4.69) is 0 Å². The van der Waals surface area contributed by atoms with E-state index in [4.69, 9.17) is 22.8 Å². The van der Waals surface area contributed by atoms with Gasteiger partial charge in [0.1, 0.15) is 12.7 Å². The molecule has 0 aromatic heterocycles. The van der Waals surface area contributed by atoms with E-state index in [-0.39, 0.29) is 6.10 Å². The molecule has 94 valence electrons. The second-order valence-corrected chi connectivity index (χ2v) is 6.44. The molecule has 0 saturated carbocycles. The lowest BCUT2D eigenvalue weighted by Crippen LogP contribution is -2.43. The molecule has 0 aliphatic carbocycles. The molecule has 0 amide bonds. The van der Waals surface area contributed by atoms with E-state index in [9.17, 15) is 0 Å². The molecule has 1 atom stereocenters. The SMILES string of the molecule is C/C=C(\C[Si](OC)(OC)OC)OCC1CO1. The minimum absolute atomic E-state index is 0.249. The first-order valence-corrected chi connectivity index (χ1v) is 7.18. The Labute approximate surface area is 97.6 Å². The number of hydrogen-bond donors (Lipinski definition) is 0. The van der Waals surface area contributed by atoms with Crippen molar-refractivity contribution in [2.24, 2.45) is 0 Å². The predicted molar refractivity (Wildman–Crippen MR) is 61.0 cm³/mol. The van der Waals surface area contributed by atoms with Gasteiger partial charge in [0, 0.05) is 21.3 Å². The Balaban J connectivity index is 2.45. The van der Waals surface area contributed by atoms with Crippen molar-refractivity contribution in [3.05, 3.63) is 11.8 Å². The van der Waals surface area contributed by atoms with E-state index in [1.165, 1.54) is 0 Å². The van der Waals surface area contributed by atoms with Gasteiger partial charge in [-0.25, -0.2) is 0 Å². The Bertz CT molecular complexity index is 227. The Morgan fingerprint density at radius 2 is 1.88 bits per heavy atom. The van der Waals surface area contributed by atoms with E-state index in [1.807, 2.05) is 13.0 Å². The molecule has 6 heteroatoms. The Kier molecular flexibility index (Phi) is 5.43. The van der Waals surface area contributed by atoms with Crippen LogP contribution in [0.4, 0.5) is 0 Å². The summed E-state index contributed by atoms with van der Waals surface area (Å²) in [4.78, 5) is 0. The van der Waals surface area contributed by atoms with Crippen LogP contribution in [-0.4, -0.2) is 49.5 Å². The maximum Gasteiger partial charge on any atom is 0.507 e. The van der Waals surface area contributed by atoms with Crippen molar-refractivity contribution in [1.82, 2.24) is 0 Å². The summed E-state index contributed by atoms with van der Waals surface area (Å²) >= 11 is 0. The predicted octanol–water partition coefficient (Wildman–Crippen LogP) is 1.18. The molecule has 1 aliphatic heterocycles. The number of hydrogen-bond acceptors (Lipinski definition) is 5. The molecule has 0 spiro atoms.